The Balaban J connectivity index is 2.25. The number of aromatic nitrogens is 1. The zero-order valence-electron chi connectivity index (χ0n) is 10.9. The molecule has 0 amide bonds. The zero-order chi connectivity index (χ0) is 13.1. The molecule has 2 N–H and O–H groups in total. The number of ether oxygens (including phenoxy) is 1. The number of hydrogen-bond donors (Lipinski definition) is 1. The summed E-state index contributed by atoms with van der Waals surface area (Å²) >= 11 is 1.60. The lowest BCUT2D eigenvalue weighted by Crippen LogP contribution is -2.12. The van der Waals surface area contributed by atoms with E-state index in [1.54, 1.807) is 11.3 Å². The Labute approximate surface area is 112 Å². The van der Waals surface area contributed by atoms with Crippen LogP contribution in [0.4, 0.5) is 0 Å². The van der Waals surface area contributed by atoms with Crippen molar-refractivity contribution in [2.24, 2.45) is 5.73 Å². The van der Waals surface area contributed by atoms with Crippen LogP contribution in [0.2, 0.25) is 0 Å². The molecular formula is C14H18N2OS. The minimum atomic E-state index is -0.131. The predicted molar refractivity (Wildman–Crippen MR) is 75.1 cm³/mol. The first-order valence-electron chi connectivity index (χ1n) is 6.00. The van der Waals surface area contributed by atoms with Crippen molar-refractivity contribution >= 4 is 11.3 Å². The minimum absolute atomic E-state index is 0.131. The number of benzene rings is 1. The van der Waals surface area contributed by atoms with E-state index in [9.17, 15) is 0 Å². The molecule has 1 atom stereocenters. The van der Waals surface area contributed by atoms with E-state index in [1.807, 2.05) is 50.5 Å². The van der Waals surface area contributed by atoms with Crippen LogP contribution in [0, 0.1) is 6.92 Å². The molecule has 0 aliphatic carbocycles. The second kappa shape index (κ2) is 5.50. The van der Waals surface area contributed by atoms with Crippen molar-refractivity contribution in [2.75, 3.05) is 0 Å². The number of aryl methyl sites for hydroxylation is 1. The second-order valence-electron chi connectivity index (χ2n) is 4.52. The molecule has 0 saturated heterocycles. The third kappa shape index (κ3) is 2.89. The fraction of sp³-hybridized carbons (Fsp3) is 0.357. The van der Waals surface area contributed by atoms with Gasteiger partial charge in [0.05, 0.1) is 23.4 Å². The maximum atomic E-state index is 6.28. The molecule has 0 bridgehead atoms. The van der Waals surface area contributed by atoms with Crippen LogP contribution in [0.1, 0.15) is 36.0 Å². The average Bonchev–Trinajstić information content (AvgIpc) is 2.74. The molecule has 0 spiro atoms. The fourth-order valence-electron chi connectivity index (χ4n) is 1.81. The van der Waals surface area contributed by atoms with E-state index in [0.29, 0.717) is 0 Å². The van der Waals surface area contributed by atoms with E-state index in [-0.39, 0.29) is 12.1 Å². The van der Waals surface area contributed by atoms with Gasteiger partial charge >= 0.3 is 0 Å². The van der Waals surface area contributed by atoms with Gasteiger partial charge in [0, 0.05) is 4.88 Å². The summed E-state index contributed by atoms with van der Waals surface area (Å²) in [6.07, 6.45) is 0.168. The van der Waals surface area contributed by atoms with Crippen molar-refractivity contribution in [3.63, 3.8) is 0 Å². The van der Waals surface area contributed by atoms with Gasteiger partial charge in [-0.05, 0) is 38.5 Å². The zero-order valence-corrected chi connectivity index (χ0v) is 11.7. The Kier molecular flexibility index (Phi) is 3.99. The molecule has 0 radical (unpaired) electrons. The molecular weight excluding hydrogens is 244 g/mol. The fourth-order valence-corrected chi connectivity index (χ4v) is 2.64. The Morgan fingerprint density at radius 1 is 1.33 bits per heavy atom. The van der Waals surface area contributed by atoms with Gasteiger partial charge in [-0.2, -0.15) is 0 Å². The summed E-state index contributed by atoms with van der Waals surface area (Å²) in [4.78, 5) is 5.35. The van der Waals surface area contributed by atoms with Crippen molar-refractivity contribution in [3.05, 3.63) is 45.9 Å². The molecule has 4 heteroatoms. The Morgan fingerprint density at radius 2 is 2.11 bits per heavy atom. The van der Waals surface area contributed by atoms with Crippen molar-refractivity contribution in [3.8, 4) is 5.75 Å². The molecule has 0 aliphatic heterocycles. The Morgan fingerprint density at radius 3 is 2.72 bits per heavy atom. The van der Waals surface area contributed by atoms with Crippen molar-refractivity contribution in [1.29, 1.82) is 0 Å². The molecule has 18 heavy (non-hydrogen) atoms. The summed E-state index contributed by atoms with van der Waals surface area (Å²) in [6, 6.07) is 7.83. The lowest BCUT2D eigenvalue weighted by molar-refractivity contribution is 0.242. The van der Waals surface area contributed by atoms with Gasteiger partial charge in [-0.25, -0.2) is 4.98 Å². The van der Waals surface area contributed by atoms with Gasteiger partial charge in [0.1, 0.15) is 5.75 Å². The summed E-state index contributed by atoms with van der Waals surface area (Å²) in [5.74, 6) is 0.861. The first-order valence-corrected chi connectivity index (χ1v) is 6.88. The highest BCUT2D eigenvalue weighted by Gasteiger charge is 2.14. The van der Waals surface area contributed by atoms with Crippen LogP contribution in [0.15, 0.2) is 29.8 Å². The van der Waals surface area contributed by atoms with Crippen molar-refractivity contribution in [2.45, 2.75) is 32.9 Å². The van der Waals surface area contributed by atoms with Gasteiger partial charge in [-0.15, -0.1) is 11.3 Å². The first-order chi connectivity index (χ1) is 8.58. The number of hydrogen-bond acceptors (Lipinski definition) is 4. The Bertz CT molecular complexity index is 522. The number of thiazole rings is 1. The standard InChI is InChI=1S/C14H18N2OS/c1-9(2)17-12-6-4-5-11(7-12)13(15)14-10(3)16-8-18-14/h4-9,13H,15H2,1-3H3. The number of rotatable bonds is 4. The van der Waals surface area contributed by atoms with Crippen molar-refractivity contribution < 1.29 is 4.74 Å². The molecule has 1 aromatic carbocycles. The molecule has 2 aromatic rings. The summed E-state index contributed by atoms with van der Waals surface area (Å²) < 4.78 is 5.68. The molecule has 1 unspecified atom stereocenters. The van der Waals surface area contributed by atoms with Gasteiger partial charge in [-0.3, -0.25) is 0 Å². The highest BCUT2D eigenvalue weighted by molar-refractivity contribution is 7.09. The van der Waals surface area contributed by atoms with Crippen molar-refractivity contribution in [1.82, 2.24) is 4.98 Å². The average molecular weight is 262 g/mol. The summed E-state index contributed by atoms with van der Waals surface area (Å²) in [5.41, 5.74) is 10.2. The largest absolute Gasteiger partial charge is 0.491 e. The van der Waals surface area contributed by atoms with Crippen LogP contribution in [0.3, 0.4) is 0 Å². The van der Waals surface area contributed by atoms with Crippen LogP contribution in [0.5, 0.6) is 5.75 Å². The van der Waals surface area contributed by atoms with E-state index in [4.69, 9.17) is 10.5 Å². The van der Waals surface area contributed by atoms with Gasteiger partial charge in [0.2, 0.25) is 0 Å². The van der Waals surface area contributed by atoms with E-state index in [1.165, 1.54) is 0 Å². The Hall–Kier alpha value is -1.39. The van der Waals surface area contributed by atoms with E-state index >= 15 is 0 Å². The van der Waals surface area contributed by atoms with Crippen LogP contribution in [-0.2, 0) is 0 Å². The highest BCUT2D eigenvalue weighted by atomic mass is 32.1. The predicted octanol–water partition coefficient (Wildman–Crippen LogP) is 3.29. The summed E-state index contributed by atoms with van der Waals surface area (Å²) in [6.45, 7) is 6.01. The lowest BCUT2D eigenvalue weighted by Gasteiger charge is -2.14. The SMILES string of the molecule is Cc1ncsc1C(N)c1cccc(OC(C)C)c1. The molecule has 0 saturated carbocycles. The third-order valence-corrected chi connectivity index (χ3v) is 3.67. The number of nitrogens with zero attached hydrogens (tertiary/aromatic N) is 1. The molecule has 3 nitrogen and oxygen atoms in total. The maximum Gasteiger partial charge on any atom is 0.120 e. The van der Waals surface area contributed by atoms with E-state index < -0.39 is 0 Å². The van der Waals surface area contributed by atoms with E-state index in [2.05, 4.69) is 4.98 Å². The highest BCUT2D eigenvalue weighted by Crippen LogP contribution is 2.28. The topological polar surface area (TPSA) is 48.1 Å². The normalized spacial score (nSPS) is 12.7. The van der Waals surface area contributed by atoms with Crippen LogP contribution in [-0.4, -0.2) is 11.1 Å². The number of nitrogens with two attached hydrogens (primary N) is 1. The van der Waals surface area contributed by atoms with Gasteiger partial charge in [-0.1, -0.05) is 12.1 Å². The quantitative estimate of drug-likeness (QED) is 0.919. The van der Waals surface area contributed by atoms with Gasteiger partial charge < -0.3 is 10.5 Å². The smallest absolute Gasteiger partial charge is 0.120 e. The van der Waals surface area contributed by atoms with Gasteiger partial charge in [0.25, 0.3) is 0 Å². The third-order valence-electron chi connectivity index (χ3n) is 2.65. The van der Waals surface area contributed by atoms with E-state index in [0.717, 1.165) is 21.9 Å². The van der Waals surface area contributed by atoms with Gasteiger partial charge in [0.15, 0.2) is 0 Å². The molecule has 2 rings (SSSR count). The molecule has 0 fully saturated rings. The first kappa shape index (κ1) is 13.1. The van der Waals surface area contributed by atoms with Crippen LogP contribution < -0.4 is 10.5 Å². The monoisotopic (exact) mass is 262 g/mol. The molecule has 0 aliphatic rings. The summed E-state index contributed by atoms with van der Waals surface area (Å²) in [7, 11) is 0. The lowest BCUT2D eigenvalue weighted by atomic mass is 10.1. The minimum Gasteiger partial charge on any atom is -0.491 e. The van der Waals surface area contributed by atoms with Crippen LogP contribution in [0.25, 0.3) is 0 Å². The van der Waals surface area contributed by atoms with Crippen LogP contribution >= 0.6 is 11.3 Å². The second-order valence-corrected chi connectivity index (χ2v) is 5.41. The molecule has 1 aromatic heterocycles. The molecule has 1 heterocycles. The summed E-state index contributed by atoms with van der Waals surface area (Å²) in [5, 5.41) is 0. The maximum absolute atomic E-state index is 6.28. The molecule has 96 valence electrons.